The molecule has 2 heterocycles. The molecule has 2 amide bonds. The van der Waals surface area contributed by atoms with Crippen LogP contribution in [0.3, 0.4) is 0 Å². The first-order valence-electron chi connectivity index (χ1n) is 8.71. The summed E-state index contributed by atoms with van der Waals surface area (Å²) in [5.41, 5.74) is 1.71. The van der Waals surface area contributed by atoms with Crippen molar-refractivity contribution in [2.75, 3.05) is 13.1 Å². The van der Waals surface area contributed by atoms with Crippen molar-refractivity contribution in [3.05, 3.63) is 48.0 Å². The Balaban J connectivity index is 1.37. The predicted molar refractivity (Wildman–Crippen MR) is 91.4 cm³/mol. The molecule has 1 aromatic carbocycles. The molecule has 1 N–H and O–H groups in total. The largest absolute Gasteiger partial charge is 0.348 e. The van der Waals surface area contributed by atoms with Gasteiger partial charge in [-0.15, -0.1) is 0 Å². The summed E-state index contributed by atoms with van der Waals surface area (Å²) >= 11 is 0. The highest BCUT2D eigenvalue weighted by atomic mass is 16.2. The molecule has 0 aromatic heterocycles. The van der Waals surface area contributed by atoms with Crippen molar-refractivity contribution in [2.24, 2.45) is 0 Å². The van der Waals surface area contributed by atoms with Crippen LogP contribution in [0, 0.1) is 0 Å². The molecular weight excluding hydrogens is 302 g/mol. The molecule has 3 aliphatic rings. The lowest BCUT2D eigenvalue weighted by molar-refractivity contribution is -0.116. The van der Waals surface area contributed by atoms with Gasteiger partial charge in [0.25, 0.3) is 5.91 Å². The van der Waals surface area contributed by atoms with Crippen LogP contribution in [0.4, 0.5) is 0 Å². The van der Waals surface area contributed by atoms with Crippen molar-refractivity contribution in [3.8, 4) is 0 Å². The smallest absolute Gasteiger partial charge is 0.254 e. The molecule has 2 bridgehead atoms. The fourth-order valence-electron chi connectivity index (χ4n) is 3.99. The first-order valence-corrected chi connectivity index (χ1v) is 8.71. The van der Waals surface area contributed by atoms with E-state index in [4.69, 9.17) is 0 Å². The second kappa shape index (κ2) is 6.06. The molecule has 1 saturated carbocycles. The van der Waals surface area contributed by atoms with Gasteiger partial charge in [0, 0.05) is 43.3 Å². The maximum absolute atomic E-state index is 12.8. The van der Waals surface area contributed by atoms with E-state index >= 15 is 0 Å². The Bertz CT molecular complexity index is 666. The van der Waals surface area contributed by atoms with Crippen molar-refractivity contribution < 1.29 is 9.59 Å². The Morgan fingerprint density at radius 1 is 1.12 bits per heavy atom. The number of likely N-dealkylation sites (tertiary alicyclic amines) is 2. The van der Waals surface area contributed by atoms with Crippen molar-refractivity contribution in [1.82, 2.24) is 15.1 Å². The Labute approximate surface area is 142 Å². The zero-order valence-electron chi connectivity index (χ0n) is 13.8. The van der Waals surface area contributed by atoms with Gasteiger partial charge in [-0.3, -0.25) is 14.5 Å². The van der Waals surface area contributed by atoms with Gasteiger partial charge in [0.2, 0.25) is 5.91 Å². The number of amides is 2. The topological polar surface area (TPSA) is 52.7 Å². The van der Waals surface area contributed by atoms with Crippen molar-refractivity contribution in [2.45, 2.75) is 43.9 Å². The van der Waals surface area contributed by atoms with Gasteiger partial charge in [-0.05, 0) is 43.0 Å². The fourth-order valence-corrected chi connectivity index (χ4v) is 3.99. The summed E-state index contributed by atoms with van der Waals surface area (Å²) in [6.45, 7) is 5.80. The number of nitrogens with zero attached hydrogens (tertiary/aromatic N) is 2. The van der Waals surface area contributed by atoms with E-state index in [1.54, 1.807) is 0 Å². The van der Waals surface area contributed by atoms with Gasteiger partial charge < -0.3 is 10.2 Å². The average molecular weight is 325 g/mol. The molecule has 2 saturated heterocycles. The van der Waals surface area contributed by atoms with E-state index in [0.29, 0.717) is 18.6 Å². The number of carbonyl (C=O) groups is 2. The lowest BCUT2D eigenvalue weighted by atomic mass is 10.1. The number of benzene rings is 1. The highest BCUT2D eigenvalue weighted by Crippen LogP contribution is 2.39. The third-order valence-electron chi connectivity index (χ3n) is 5.41. The number of hydrogen-bond donors (Lipinski definition) is 1. The number of fused-ring (bicyclic) bond motifs is 2. The van der Waals surface area contributed by atoms with Crippen LogP contribution in [0.1, 0.15) is 35.2 Å². The molecule has 126 valence electrons. The Morgan fingerprint density at radius 3 is 2.46 bits per heavy atom. The van der Waals surface area contributed by atoms with E-state index in [-0.39, 0.29) is 11.8 Å². The first kappa shape index (κ1) is 15.4. The molecule has 0 spiro atoms. The summed E-state index contributed by atoms with van der Waals surface area (Å²) in [5, 5.41) is 2.74. The van der Waals surface area contributed by atoms with Crippen molar-refractivity contribution in [1.29, 1.82) is 0 Å². The minimum absolute atomic E-state index is 0.139. The van der Waals surface area contributed by atoms with Gasteiger partial charge in [-0.1, -0.05) is 18.7 Å². The molecule has 24 heavy (non-hydrogen) atoms. The molecule has 1 aliphatic carbocycles. The maximum atomic E-state index is 12.8. The highest BCUT2D eigenvalue weighted by Gasteiger charge is 2.49. The predicted octanol–water partition coefficient (Wildman–Crippen LogP) is 1.55. The van der Waals surface area contributed by atoms with Crippen molar-refractivity contribution in [3.63, 3.8) is 0 Å². The zero-order chi connectivity index (χ0) is 16.7. The summed E-state index contributed by atoms with van der Waals surface area (Å²) in [6.07, 6.45) is 5.06. The number of nitrogens with one attached hydrogen (secondary N) is 1. The molecule has 5 nitrogen and oxygen atoms in total. The standard InChI is InChI=1S/C19H23N3O2/c1-2-18(23)20-10-13-3-5-14(6-4-13)19(24)22-12-16-9-17(22)11-21(16)15-7-8-15/h2-6,15-17H,1,7-12H2,(H,20,23)/t16-,17-/m0/s1. The van der Waals surface area contributed by atoms with Gasteiger partial charge in [-0.2, -0.15) is 0 Å². The van der Waals surface area contributed by atoms with Gasteiger partial charge in [0.15, 0.2) is 0 Å². The number of hydrogen-bond acceptors (Lipinski definition) is 3. The summed E-state index contributed by atoms with van der Waals surface area (Å²) in [7, 11) is 0. The van der Waals surface area contributed by atoms with Gasteiger partial charge in [-0.25, -0.2) is 0 Å². The second-order valence-corrected chi connectivity index (χ2v) is 7.05. The summed E-state index contributed by atoms with van der Waals surface area (Å²) in [5.74, 6) is -0.0527. The summed E-state index contributed by atoms with van der Waals surface area (Å²) in [4.78, 5) is 28.6. The molecule has 0 unspecified atom stereocenters. The van der Waals surface area contributed by atoms with Gasteiger partial charge >= 0.3 is 0 Å². The van der Waals surface area contributed by atoms with Crippen LogP contribution < -0.4 is 5.32 Å². The van der Waals surface area contributed by atoms with Crippen LogP contribution in [0.25, 0.3) is 0 Å². The molecule has 1 aromatic rings. The summed E-state index contributed by atoms with van der Waals surface area (Å²) in [6, 6.07) is 9.28. The van der Waals surface area contributed by atoms with Crippen LogP contribution >= 0.6 is 0 Å². The third kappa shape index (κ3) is 2.84. The van der Waals surface area contributed by atoms with E-state index in [1.165, 1.54) is 18.9 Å². The fraction of sp³-hybridized carbons (Fsp3) is 0.474. The number of carbonyl (C=O) groups excluding carboxylic acids is 2. The molecule has 2 aliphatic heterocycles. The minimum atomic E-state index is -0.191. The van der Waals surface area contributed by atoms with E-state index in [2.05, 4.69) is 21.7 Å². The van der Waals surface area contributed by atoms with E-state index in [0.717, 1.165) is 36.7 Å². The van der Waals surface area contributed by atoms with Crippen LogP contribution in [0.15, 0.2) is 36.9 Å². The van der Waals surface area contributed by atoms with E-state index in [1.807, 2.05) is 24.3 Å². The van der Waals surface area contributed by atoms with Crippen LogP contribution in [-0.2, 0) is 11.3 Å². The first-order chi connectivity index (χ1) is 11.7. The van der Waals surface area contributed by atoms with Crippen LogP contribution in [-0.4, -0.2) is 52.8 Å². The van der Waals surface area contributed by atoms with Gasteiger partial charge in [0.1, 0.15) is 0 Å². The average Bonchev–Trinajstić information content (AvgIpc) is 3.27. The molecule has 0 radical (unpaired) electrons. The maximum Gasteiger partial charge on any atom is 0.254 e. The van der Waals surface area contributed by atoms with E-state index < -0.39 is 0 Å². The Morgan fingerprint density at radius 2 is 1.88 bits per heavy atom. The Hall–Kier alpha value is -2.14. The second-order valence-electron chi connectivity index (χ2n) is 7.05. The third-order valence-corrected chi connectivity index (χ3v) is 5.41. The molecule has 5 heteroatoms. The number of piperazine rings is 1. The normalized spacial score (nSPS) is 25.8. The lowest BCUT2D eigenvalue weighted by Crippen LogP contribution is -2.49. The number of rotatable bonds is 5. The lowest BCUT2D eigenvalue weighted by Gasteiger charge is -2.34. The van der Waals surface area contributed by atoms with E-state index in [9.17, 15) is 9.59 Å². The Kier molecular flexibility index (Phi) is 3.88. The molecule has 3 fully saturated rings. The molecule has 4 rings (SSSR count). The quantitative estimate of drug-likeness (QED) is 0.836. The highest BCUT2D eigenvalue weighted by molar-refractivity contribution is 5.95. The SMILES string of the molecule is C=CC(=O)NCc1ccc(C(=O)N2C[C@@H]3C[C@H]2CN3C2CC2)cc1. The minimum Gasteiger partial charge on any atom is -0.348 e. The van der Waals surface area contributed by atoms with Gasteiger partial charge in [0.05, 0.1) is 0 Å². The zero-order valence-corrected chi connectivity index (χ0v) is 13.8. The summed E-state index contributed by atoms with van der Waals surface area (Å²) < 4.78 is 0. The molecular formula is C19H23N3O2. The van der Waals surface area contributed by atoms with Crippen LogP contribution in [0.5, 0.6) is 0 Å². The molecule has 2 atom stereocenters. The van der Waals surface area contributed by atoms with Crippen molar-refractivity contribution >= 4 is 11.8 Å². The van der Waals surface area contributed by atoms with Crippen LogP contribution in [0.2, 0.25) is 0 Å². The monoisotopic (exact) mass is 325 g/mol.